The van der Waals surface area contributed by atoms with Gasteiger partial charge in [0.05, 0.1) is 32.7 Å². The summed E-state index contributed by atoms with van der Waals surface area (Å²) in [5.74, 6) is 0.383. The number of amides is 1. The van der Waals surface area contributed by atoms with Gasteiger partial charge < -0.3 is 19.8 Å². The van der Waals surface area contributed by atoms with E-state index in [9.17, 15) is 9.18 Å². The molecule has 33 heavy (non-hydrogen) atoms. The van der Waals surface area contributed by atoms with Crippen molar-refractivity contribution in [1.29, 1.82) is 5.41 Å². The quantitative estimate of drug-likeness (QED) is 0.306. The van der Waals surface area contributed by atoms with Crippen LogP contribution in [-0.2, 0) is 16.1 Å². The third-order valence-corrected chi connectivity index (χ3v) is 5.18. The molecule has 0 bridgehead atoms. The molecule has 6 nitrogen and oxygen atoms in total. The molecule has 0 radical (unpaired) electrons. The van der Waals surface area contributed by atoms with Gasteiger partial charge in [0.2, 0.25) is 5.91 Å². The van der Waals surface area contributed by atoms with Gasteiger partial charge in [0.15, 0.2) is 0 Å². The molecule has 1 heterocycles. The average molecular weight is 458 g/mol. The van der Waals surface area contributed by atoms with Crippen LogP contribution in [0.25, 0.3) is 6.08 Å². The van der Waals surface area contributed by atoms with Crippen molar-refractivity contribution in [2.75, 3.05) is 33.5 Å². The minimum atomic E-state index is -0.295. The highest BCUT2D eigenvalue weighted by Crippen LogP contribution is 2.28. The zero-order chi connectivity index (χ0) is 24.2. The number of carbonyl (C=O) groups is 1. The van der Waals surface area contributed by atoms with E-state index in [0.717, 1.165) is 36.2 Å². The van der Waals surface area contributed by atoms with Crippen molar-refractivity contribution in [3.8, 4) is 5.75 Å². The van der Waals surface area contributed by atoms with Crippen molar-refractivity contribution in [3.63, 3.8) is 0 Å². The third-order valence-electron chi connectivity index (χ3n) is 5.18. The number of likely N-dealkylation sites (tertiary alicyclic amines) is 1. The SMILES string of the molecule is CC.COc1c(COCNCC(=O)N2CCC2)ccc(C)c1C(=N)/C=C/c1ccc(F)cc1.[HH]. The van der Waals surface area contributed by atoms with Crippen LogP contribution in [0.5, 0.6) is 5.75 Å². The van der Waals surface area contributed by atoms with Gasteiger partial charge in [0, 0.05) is 25.6 Å². The highest BCUT2D eigenvalue weighted by atomic mass is 19.1. The fraction of sp³-hybridized carbons (Fsp3) is 0.385. The highest BCUT2D eigenvalue weighted by Gasteiger charge is 2.19. The molecular formula is C26H36FN3O3. The smallest absolute Gasteiger partial charge is 0.236 e. The number of aryl methyl sites for hydroxylation is 1. The fourth-order valence-electron chi connectivity index (χ4n) is 3.31. The molecule has 180 valence electrons. The van der Waals surface area contributed by atoms with Gasteiger partial charge >= 0.3 is 0 Å². The molecule has 1 aliphatic rings. The Kier molecular flexibility index (Phi) is 10.7. The fourth-order valence-corrected chi connectivity index (χ4v) is 3.31. The van der Waals surface area contributed by atoms with Gasteiger partial charge in [-0.25, -0.2) is 4.39 Å². The maximum Gasteiger partial charge on any atom is 0.236 e. The molecule has 1 amide bonds. The number of nitrogens with one attached hydrogen (secondary N) is 2. The molecule has 0 aromatic heterocycles. The lowest BCUT2D eigenvalue weighted by Gasteiger charge is -2.30. The maximum absolute atomic E-state index is 13.1. The molecule has 0 unspecified atom stereocenters. The molecule has 2 aromatic rings. The van der Waals surface area contributed by atoms with E-state index in [2.05, 4.69) is 5.32 Å². The second kappa shape index (κ2) is 13.5. The Labute approximate surface area is 197 Å². The second-order valence-corrected chi connectivity index (χ2v) is 7.40. The number of carbonyl (C=O) groups excluding carboxylic acids is 1. The van der Waals surface area contributed by atoms with E-state index in [1.165, 1.54) is 12.1 Å². The lowest BCUT2D eigenvalue weighted by Crippen LogP contribution is -2.46. The standard InChI is InChI=1S/C24H28FN3O3.C2H6.H2/c1-17-4-8-19(15-31-16-27-14-22(29)28-12-3-13-28)24(30-2)23(17)21(26)11-7-18-5-9-20(25)10-6-18;1-2;/h4-11,26-27H,3,12-16H2,1-2H3;1-2H3;1H/b11-7+,26-21?;;. The average Bonchev–Trinajstić information content (AvgIpc) is 2.79. The molecule has 1 fully saturated rings. The Morgan fingerprint density at radius 1 is 1.21 bits per heavy atom. The van der Waals surface area contributed by atoms with E-state index < -0.39 is 0 Å². The van der Waals surface area contributed by atoms with Gasteiger partial charge in [-0.05, 0) is 42.7 Å². The molecule has 1 saturated heterocycles. The number of methoxy groups -OCH3 is 1. The van der Waals surface area contributed by atoms with Crippen molar-refractivity contribution >= 4 is 17.7 Å². The Balaban J connectivity index is 0.00000188. The zero-order valence-corrected chi connectivity index (χ0v) is 19.9. The van der Waals surface area contributed by atoms with Crippen LogP contribution < -0.4 is 10.1 Å². The van der Waals surface area contributed by atoms with Crippen molar-refractivity contribution < 1.29 is 20.1 Å². The summed E-state index contributed by atoms with van der Waals surface area (Å²) in [6, 6.07) is 9.94. The van der Waals surface area contributed by atoms with Gasteiger partial charge in [0.25, 0.3) is 0 Å². The van der Waals surface area contributed by atoms with Gasteiger partial charge in [-0.15, -0.1) is 0 Å². The largest absolute Gasteiger partial charge is 0.496 e. The van der Waals surface area contributed by atoms with E-state index in [0.29, 0.717) is 17.0 Å². The number of rotatable bonds is 10. The lowest BCUT2D eigenvalue weighted by molar-refractivity contribution is -0.134. The second-order valence-electron chi connectivity index (χ2n) is 7.40. The number of halogens is 1. The van der Waals surface area contributed by atoms with Gasteiger partial charge in [-0.3, -0.25) is 10.1 Å². The predicted octanol–water partition coefficient (Wildman–Crippen LogP) is 4.79. The first-order valence-corrected chi connectivity index (χ1v) is 11.2. The van der Waals surface area contributed by atoms with E-state index in [1.54, 1.807) is 31.4 Å². The summed E-state index contributed by atoms with van der Waals surface area (Å²) >= 11 is 0. The molecule has 3 rings (SSSR count). The number of ether oxygens (including phenoxy) is 2. The van der Waals surface area contributed by atoms with Crippen LogP contribution in [0.4, 0.5) is 4.39 Å². The van der Waals surface area contributed by atoms with E-state index >= 15 is 0 Å². The van der Waals surface area contributed by atoms with Crippen LogP contribution in [0.2, 0.25) is 0 Å². The molecule has 2 N–H and O–H groups in total. The minimum Gasteiger partial charge on any atom is -0.496 e. The van der Waals surface area contributed by atoms with Crippen molar-refractivity contribution in [2.45, 2.75) is 33.8 Å². The topological polar surface area (TPSA) is 74.7 Å². The van der Waals surface area contributed by atoms with Gasteiger partial charge in [0.1, 0.15) is 11.6 Å². The van der Waals surface area contributed by atoms with Crippen LogP contribution in [0.15, 0.2) is 42.5 Å². The monoisotopic (exact) mass is 457 g/mol. The van der Waals surface area contributed by atoms with E-state index in [4.69, 9.17) is 14.9 Å². The molecule has 1 aliphatic heterocycles. The van der Waals surface area contributed by atoms with Crippen molar-refractivity contribution in [3.05, 3.63) is 70.5 Å². The van der Waals surface area contributed by atoms with Crippen molar-refractivity contribution in [1.82, 2.24) is 10.2 Å². The Hall–Kier alpha value is -3.03. The number of nitrogens with zero attached hydrogens (tertiary/aromatic N) is 1. The highest BCUT2D eigenvalue weighted by molar-refractivity contribution is 6.11. The number of hydrogen-bond acceptors (Lipinski definition) is 5. The van der Waals surface area contributed by atoms with Crippen LogP contribution in [-0.4, -0.2) is 50.0 Å². The first kappa shape index (κ1) is 26.2. The molecule has 0 spiro atoms. The van der Waals surface area contributed by atoms with Crippen LogP contribution in [0.3, 0.4) is 0 Å². The van der Waals surface area contributed by atoms with Crippen molar-refractivity contribution in [2.24, 2.45) is 0 Å². The predicted molar refractivity (Wildman–Crippen MR) is 132 cm³/mol. The van der Waals surface area contributed by atoms with E-state index in [1.807, 2.05) is 37.8 Å². The van der Waals surface area contributed by atoms with Gasteiger partial charge in [-0.1, -0.05) is 44.2 Å². The summed E-state index contributed by atoms with van der Waals surface area (Å²) in [5, 5.41) is 11.5. The summed E-state index contributed by atoms with van der Waals surface area (Å²) < 4.78 is 24.4. The Bertz CT molecular complexity index is 961. The lowest BCUT2D eigenvalue weighted by atomic mass is 9.98. The zero-order valence-electron chi connectivity index (χ0n) is 19.9. The summed E-state index contributed by atoms with van der Waals surface area (Å²) in [6.07, 6.45) is 4.51. The Morgan fingerprint density at radius 2 is 1.91 bits per heavy atom. The Morgan fingerprint density at radius 3 is 2.52 bits per heavy atom. The first-order chi connectivity index (χ1) is 16.0. The number of hydrogen-bond donors (Lipinski definition) is 2. The summed E-state index contributed by atoms with van der Waals surface area (Å²) in [7, 11) is 1.57. The summed E-state index contributed by atoms with van der Waals surface area (Å²) in [6.45, 7) is 8.39. The van der Waals surface area contributed by atoms with Crippen LogP contribution in [0.1, 0.15) is 43.9 Å². The first-order valence-electron chi connectivity index (χ1n) is 11.2. The minimum absolute atomic E-state index is 0. The van der Waals surface area contributed by atoms with E-state index in [-0.39, 0.29) is 33.0 Å². The molecule has 0 atom stereocenters. The molecule has 0 aliphatic carbocycles. The molecule has 2 aromatic carbocycles. The number of allylic oxidation sites excluding steroid dienone is 1. The van der Waals surface area contributed by atoms with Gasteiger partial charge in [-0.2, -0.15) is 0 Å². The third kappa shape index (κ3) is 7.51. The van der Waals surface area contributed by atoms with Crippen LogP contribution >= 0.6 is 0 Å². The molecular weight excluding hydrogens is 421 g/mol. The molecule has 0 saturated carbocycles. The molecule has 7 heteroatoms. The summed E-state index contributed by atoms with van der Waals surface area (Å²) in [5.41, 5.74) is 3.51. The summed E-state index contributed by atoms with van der Waals surface area (Å²) in [4.78, 5) is 13.6. The normalized spacial score (nSPS) is 12.7. The number of benzene rings is 2. The maximum atomic E-state index is 13.1. The van der Waals surface area contributed by atoms with Crippen LogP contribution in [0, 0.1) is 18.2 Å².